The molecule has 2 aromatic carbocycles. The van der Waals surface area contributed by atoms with Gasteiger partial charge in [0.2, 0.25) is 11.8 Å². The minimum absolute atomic E-state index is 0. The number of hydrogen-bond acceptors (Lipinski definition) is 8. The van der Waals surface area contributed by atoms with E-state index in [9.17, 15) is 19.8 Å². The molecule has 0 bridgehead atoms. The van der Waals surface area contributed by atoms with E-state index < -0.39 is 0 Å². The van der Waals surface area contributed by atoms with Crippen LogP contribution in [0.3, 0.4) is 0 Å². The Morgan fingerprint density at radius 1 is 0.710 bits per heavy atom. The Morgan fingerprint density at radius 3 is 1.19 bits per heavy atom. The average Bonchev–Trinajstić information content (AvgIpc) is 2.77. The summed E-state index contributed by atoms with van der Waals surface area (Å²) in [7, 11) is 0. The third kappa shape index (κ3) is 8.86. The van der Waals surface area contributed by atoms with Crippen LogP contribution in [0.2, 0.25) is 0 Å². The van der Waals surface area contributed by atoms with Crippen molar-refractivity contribution >= 4 is 54.8 Å². The van der Waals surface area contributed by atoms with Crippen LogP contribution in [0.25, 0.3) is 0 Å². The predicted molar refractivity (Wildman–Crippen MR) is 125 cm³/mol. The van der Waals surface area contributed by atoms with Crippen molar-refractivity contribution in [3.05, 3.63) is 81.4 Å². The van der Waals surface area contributed by atoms with Crippen molar-refractivity contribution < 1.29 is 36.9 Å². The molecule has 2 rings (SSSR count). The van der Waals surface area contributed by atoms with Crippen LogP contribution in [0.1, 0.15) is 13.8 Å². The molecule has 1 radical (unpaired) electrons. The molecule has 0 aliphatic carbocycles. The zero-order valence-corrected chi connectivity index (χ0v) is 20.7. The van der Waals surface area contributed by atoms with E-state index in [0.29, 0.717) is 11.4 Å². The number of benzene rings is 2. The molecule has 31 heavy (non-hydrogen) atoms. The Bertz CT molecular complexity index is 863. The molecular weight excluding hydrogens is 584 g/mol. The largest absolute Gasteiger partial charge is 0.493 e. The summed E-state index contributed by atoms with van der Waals surface area (Å²) in [6.07, 6.45) is 0. The van der Waals surface area contributed by atoms with Crippen LogP contribution in [-0.4, -0.2) is 21.8 Å². The van der Waals surface area contributed by atoms with E-state index in [1.54, 1.807) is 48.5 Å². The molecule has 0 fully saturated rings. The summed E-state index contributed by atoms with van der Waals surface area (Å²) >= 11 is 5.93. The molecule has 11 heteroatoms. The van der Waals surface area contributed by atoms with Crippen molar-refractivity contribution in [3.63, 3.8) is 0 Å². The molecule has 2 aromatic rings. The van der Waals surface area contributed by atoms with Crippen molar-refractivity contribution in [1.29, 1.82) is 0 Å². The first-order valence-corrected chi connectivity index (χ1v) is 10.1. The van der Waals surface area contributed by atoms with Crippen molar-refractivity contribution in [2.45, 2.75) is 13.8 Å². The second-order valence-electron chi connectivity index (χ2n) is 5.80. The Morgan fingerprint density at radius 2 is 0.968 bits per heavy atom. The molecule has 0 amide bonds. The van der Waals surface area contributed by atoms with E-state index in [4.69, 9.17) is 11.7 Å². The smallest absolute Gasteiger partial charge is 0.224 e. The third-order valence-corrected chi connectivity index (χ3v) is 5.36. The van der Waals surface area contributed by atoms with Gasteiger partial charge in [-0.2, -0.15) is 0 Å². The van der Waals surface area contributed by atoms with Gasteiger partial charge in [-0.15, -0.1) is 0 Å². The van der Waals surface area contributed by atoms with Gasteiger partial charge in [0.15, 0.2) is 11.6 Å². The molecule has 0 aliphatic heterocycles. The van der Waals surface area contributed by atoms with Crippen LogP contribution in [0, 0.1) is 0 Å². The van der Waals surface area contributed by atoms with Gasteiger partial charge in [-0.1, -0.05) is 36.4 Å². The predicted octanol–water partition coefficient (Wildman–Crippen LogP) is 4.15. The molecule has 0 saturated carbocycles. The molecule has 0 aliphatic rings. The van der Waals surface area contributed by atoms with Gasteiger partial charge in [-0.05, 0) is 70.0 Å². The van der Waals surface area contributed by atoms with Crippen LogP contribution in [0.5, 0.6) is 0 Å². The molecule has 0 aromatic heterocycles. The zero-order valence-electron chi connectivity index (χ0n) is 16.6. The van der Waals surface area contributed by atoms with Gasteiger partial charge in [-0.25, -0.2) is 21.7 Å². The number of aliphatic hydroxyl groups excluding tert-OH is 2. The van der Waals surface area contributed by atoms with Gasteiger partial charge in [0.05, 0.1) is 11.4 Å². The molecule has 0 unspecified atom stereocenters. The van der Waals surface area contributed by atoms with E-state index >= 15 is 0 Å². The Kier molecular flexibility index (Phi) is 13.1. The Hall–Kier alpha value is -2.14. The number of carbonyl (C=O) groups is 2. The summed E-state index contributed by atoms with van der Waals surface area (Å²) in [6, 6.07) is 17.7. The molecule has 171 valence electrons. The van der Waals surface area contributed by atoms with Gasteiger partial charge in [-0.3, -0.25) is 9.59 Å². The van der Waals surface area contributed by atoms with Gasteiger partial charge >= 0.3 is 0 Å². The Balaban J connectivity index is 0.000000562. The molecule has 0 atom stereocenters. The number of anilines is 2. The SMILES string of the molecule is CC(=O)/C(Br)=C(\O)N(N)c1ccccc1.CC(=O)/C(Br)=C(\O)N(N)c1ccccc1.[Cu]. The normalized spacial score (nSPS) is 11.5. The van der Waals surface area contributed by atoms with Gasteiger partial charge < -0.3 is 10.2 Å². The first-order valence-electron chi connectivity index (χ1n) is 8.47. The fourth-order valence-corrected chi connectivity index (χ4v) is 2.33. The minimum Gasteiger partial charge on any atom is -0.493 e. The summed E-state index contributed by atoms with van der Waals surface area (Å²) in [5.41, 5.74) is 1.18. The van der Waals surface area contributed by atoms with Gasteiger partial charge in [0, 0.05) is 17.1 Å². The summed E-state index contributed by atoms with van der Waals surface area (Å²) in [5, 5.41) is 21.3. The fourth-order valence-electron chi connectivity index (χ4n) is 1.95. The summed E-state index contributed by atoms with van der Waals surface area (Å²) in [6.45, 7) is 2.66. The second-order valence-corrected chi connectivity index (χ2v) is 7.38. The monoisotopic (exact) mass is 603 g/mol. The minimum atomic E-state index is -0.311. The second kappa shape index (κ2) is 14.0. The van der Waals surface area contributed by atoms with Gasteiger partial charge in [0.1, 0.15) is 8.96 Å². The van der Waals surface area contributed by atoms with Crippen LogP contribution in [0.4, 0.5) is 11.4 Å². The topological polar surface area (TPSA) is 133 Å². The van der Waals surface area contributed by atoms with Crippen molar-refractivity contribution in [1.82, 2.24) is 0 Å². The van der Waals surface area contributed by atoms with Crippen LogP contribution < -0.4 is 21.7 Å². The number of nitrogens with zero attached hydrogens (tertiary/aromatic N) is 2. The molecule has 6 N–H and O–H groups in total. The maximum atomic E-state index is 11.0. The zero-order chi connectivity index (χ0) is 22.8. The third-order valence-electron chi connectivity index (χ3n) is 3.54. The standard InChI is InChI=1S/2C10H11BrN2O2.Cu/c2*1-7(14)9(11)10(15)13(12)8-5-3-2-4-6-8;/h2*2-6,15H,12H2,1H3;/b2*10-9+;. The van der Waals surface area contributed by atoms with E-state index in [1.807, 2.05) is 12.1 Å². The van der Waals surface area contributed by atoms with Crippen molar-refractivity contribution in [2.75, 3.05) is 10.0 Å². The maximum Gasteiger partial charge on any atom is 0.224 e. The first kappa shape index (κ1) is 28.9. The number of carbonyl (C=O) groups excluding carboxylic acids is 2. The number of aliphatic hydroxyl groups is 2. The van der Waals surface area contributed by atoms with Crippen LogP contribution in [-0.2, 0) is 26.7 Å². The Labute approximate surface area is 207 Å². The molecule has 0 spiro atoms. The number of ketones is 2. The quantitative estimate of drug-likeness (QED) is 0.127. The van der Waals surface area contributed by atoms with Crippen molar-refractivity contribution in [2.24, 2.45) is 11.7 Å². The number of para-hydroxylation sites is 2. The number of halogens is 2. The number of Topliss-reactive ketones (excluding diaryl/α,β-unsaturated/α-hetero) is 2. The number of hydrogen-bond donors (Lipinski definition) is 4. The molecule has 0 heterocycles. The van der Waals surface area contributed by atoms with Gasteiger partial charge in [0.25, 0.3) is 0 Å². The molecular formula is C20H22Br2CuN4O4. The van der Waals surface area contributed by atoms with E-state index in [2.05, 4.69) is 31.9 Å². The van der Waals surface area contributed by atoms with Crippen LogP contribution >= 0.6 is 31.9 Å². The fraction of sp³-hybridized carbons (Fsp3) is 0.100. The molecule has 0 saturated heterocycles. The molecule has 8 nitrogen and oxygen atoms in total. The average molecular weight is 606 g/mol. The summed E-state index contributed by atoms with van der Waals surface area (Å²) in [5.74, 6) is 10.0. The number of rotatable bonds is 6. The summed E-state index contributed by atoms with van der Waals surface area (Å²) < 4.78 is 0.0997. The first-order chi connectivity index (χ1) is 14.1. The van der Waals surface area contributed by atoms with E-state index in [0.717, 1.165) is 10.0 Å². The number of allylic oxidation sites excluding steroid dienone is 2. The summed E-state index contributed by atoms with van der Waals surface area (Å²) in [4.78, 5) is 21.9. The number of hydrazine groups is 2. The number of nitrogens with two attached hydrogens (primary N) is 2. The maximum absolute atomic E-state index is 11.0. The van der Waals surface area contributed by atoms with Crippen LogP contribution in [0.15, 0.2) is 81.4 Å². The van der Waals surface area contributed by atoms with E-state index in [1.165, 1.54) is 13.8 Å². The van der Waals surface area contributed by atoms with E-state index in [-0.39, 0.29) is 49.4 Å². The van der Waals surface area contributed by atoms with Crippen molar-refractivity contribution in [3.8, 4) is 0 Å².